The molecule has 0 aliphatic carbocycles. The fourth-order valence-electron chi connectivity index (χ4n) is 2.58. The molecule has 0 bridgehead atoms. The zero-order valence-corrected chi connectivity index (χ0v) is 15.2. The first-order valence-electron chi connectivity index (χ1n) is 6.56. The first-order valence-corrected chi connectivity index (χ1v) is 9.99. The molecule has 2 heterocycles. The van der Waals surface area contributed by atoms with Gasteiger partial charge in [0.2, 0.25) is 0 Å². The number of piperidine rings is 1. The van der Waals surface area contributed by atoms with E-state index in [2.05, 4.69) is 22.9 Å². The Morgan fingerprint density at radius 1 is 1.60 bits per heavy atom. The van der Waals surface area contributed by atoms with Crippen LogP contribution in [0.25, 0.3) is 0 Å². The molecular formula is C12H18BrClN2O2S2. The molecule has 20 heavy (non-hydrogen) atoms. The van der Waals surface area contributed by atoms with Crippen molar-refractivity contribution in [3.05, 3.63) is 14.9 Å². The minimum atomic E-state index is -3.50. The molecule has 2 N–H and O–H groups in total. The highest BCUT2D eigenvalue weighted by Gasteiger charge is 2.36. The van der Waals surface area contributed by atoms with E-state index in [1.54, 1.807) is 4.31 Å². The van der Waals surface area contributed by atoms with Gasteiger partial charge in [-0.1, -0.05) is 24.9 Å². The van der Waals surface area contributed by atoms with Crippen LogP contribution in [0.2, 0.25) is 5.02 Å². The Hall–Kier alpha value is 0.340. The molecule has 1 aromatic heterocycles. The standard InChI is InChI=1S/C12H18BrClN2O2S2/c1-2-8-3-4-16(9(5-8)7-15)20(17,18)11-6-10(14)12(13)19-11/h6,8-9H,2-5,7,15H2,1H3. The summed E-state index contributed by atoms with van der Waals surface area (Å²) in [5.41, 5.74) is 5.78. The number of halogens is 2. The number of rotatable bonds is 4. The summed E-state index contributed by atoms with van der Waals surface area (Å²) in [6.45, 7) is 3.03. The number of sulfonamides is 1. The summed E-state index contributed by atoms with van der Waals surface area (Å²) in [6.07, 6.45) is 2.81. The Kier molecular flexibility index (Phi) is 5.53. The van der Waals surface area contributed by atoms with Crippen molar-refractivity contribution in [1.82, 2.24) is 4.31 Å². The second kappa shape index (κ2) is 6.62. The first-order chi connectivity index (χ1) is 9.40. The van der Waals surface area contributed by atoms with Crippen molar-refractivity contribution in [1.29, 1.82) is 0 Å². The van der Waals surface area contributed by atoms with Crippen molar-refractivity contribution in [3.63, 3.8) is 0 Å². The molecule has 1 aromatic rings. The monoisotopic (exact) mass is 400 g/mol. The molecular weight excluding hydrogens is 384 g/mol. The molecule has 0 saturated carbocycles. The molecule has 0 aromatic carbocycles. The van der Waals surface area contributed by atoms with E-state index in [-0.39, 0.29) is 10.3 Å². The lowest BCUT2D eigenvalue weighted by molar-refractivity contribution is 0.198. The molecule has 114 valence electrons. The third-order valence-corrected chi connectivity index (χ3v) is 8.68. The second-order valence-corrected chi connectivity index (χ2v) is 9.89. The molecule has 2 atom stereocenters. The molecule has 2 rings (SSSR count). The maximum absolute atomic E-state index is 12.7. The van der Waals surface area contributed by atoms with Gasteiger partial charge in [0.25, 0.3) is 10.0 Å². The van der Waals surface area contributed by atoms with Crippen LogP contribution in [0.1, 0.15) is 26.2 Å². The largest absolute Gasteiger partial charge is 0.329 e. The van der Waals surface area contributed by atoms with Crippen molar-refractivity contribution >= 4 is 48.9 Å². The van der Waals surface area contributed by atoms with Gasteiger partial charge in [-0.3, -0.25) is 0 Å². The lowest BCUT2D eigenvalue weighted by Gasteiger charge is -2.37. The number of hydrogen-bond acceptors (Lipinski definition) is 4. The van der Waals surface area contributed by atoms with Gasteiger partial charge in [-0.25, -0.2) is 8.42 Å². The van der Waals surface area contributed by atoms with Crippen LogP contribution in [0, 0.1) is 5.92 Å². The van der Waals surface area contributed by atoms with E-state index < -0.39 is 10.0 Å². The molecule has 1 saturated heterocycles. The lowest BCUT2D eigenvalue weighted by atomic mass is 9.90. The Bertz CT molecular complexity index is 557. The van der Waals surface area contributed by atoms with Crippen molar-refractivity contribution in [2.45, 2.75) is 36.4 Å². The van der Waals surface area contributed by atoms with Crippen LogP contribution in [0.3, 0.4) is 0 Å². The van der Waals surface area contributed by atoms with Crippen molar-refractivity contribution in [3.8, 4) is 0 Å². The molecule has 1 aliphatic rings. The summed E-state index contributed by atoms with van der Waals surface area (Å²) >= 11 is 10.4. The molecule has 4 nitrogen and oxygen atoms in total. The zero-order chi connectivity index (χ0) is 14.9. The van der Waals surface area contributed by atoms with Gasteiger partial charge in [0.05, 0.1) is 8.81 Å². The van der Waals surface area contributed by atoms with Crippen LogP contribution in [-0.2, 0) is 10.0 Å². The van der Waals surface area contributed by atoms with Crippen LogP contribution >= 0.6 is 38.9 Å². The third kappa shape index (κ3) is 3.23. The highest BCUT2D eigenvalue weighted by atomic mass is 79.9. The van der Waals surface area contributed by atoms with E-state index >= 15 is 0 Å². The highest BCUT2D eigenvalue weighted by molar-refractivity contribution is 9.11. The van der Waals surface area contributed by atoms with Gasteiger partial charge in [-0.15, -0.1) is 11.3 Å². The van der Waals surface area contributed by atoms with Gasteiger partial charge in [0.15, 0.2) is 0 Å². The smallest absolute Gasteiger partial charge is 0.252 e. The third-order valence-electron chi connectivity index (χ3n) is 3.81. The maximum Gasteiger partial charge on any atom is 0.252 e. The summed E-state index contributed by atoms with van der Waals surface area (Å²) in [7, 11) is -3.50. The van der Waals surface area contributed by atoms with Gasteiger partial charge in [-0.2, -0.15) is 4.31 Å². The highest BCUT2D eigenvalue weighted by Crippen LogP contribution is 2.38. The molecule has 1 aliphatic heterocycles. The molecule has 0 amide bonds. The zero-order valence-electron chi connectivity index (χ0n) is 11.2. The maximum atomic E-state index is 12.7. The van der Waals surface area contributed by atoms with E-state index in [0.717, 1.165) is 30.6 Å². The minimum Gasteiger partial charge on any atom is -0.329 e. The summed E-state index contributed by atoms with van der Waals surface area (Å²) in [5.74, 6) is 0.564. The van der Waals surface area contributed by atoms with E-state index in [0.29, 0.717) is 27.8 Å². The normalized spacial score (nSPS) is 25.0. The first kappa shape index (κ1) is 16.7. The van der Waals surface area contributed by atoms with Gasteiger partial charge in [0, 0.05) is 19.1 Å². The number of thiophene rings is 1. The second-order valence-electron chi connectivity index (χ2n) is 4.99. The van der Waals surface area contributed by atoms with Gasteiger partial charge < -0.3 is 5.73 Å². The number of hydrogen-bond donors (Lipinski definition) is 1. The quantitative estimate of drug-likeness (QED) is 0.842. The van der Waals surface area contributed by atoms with Gasteiger partial charge >= 0.3 is 0 Å². The number of nitrogens with two attached hydrogens (primary N) is 1. The van der Waals surface area contributed by atoms with Crippen LogP contribution in [0.4, 0.5) is 0 Å². The summed E-state index contributed by atoms with van der Waals surface area (Å²) < 4.78 is 27.9. The molecule has 1 fully saturated rings. The van der Waals surface area contributed by atoms with Crippen LogP contribution in [0.5, 0.6) is 0 Å². The minimum absolute atomic E-state index is 0.113. The average molecular weight is 402 g/mol. The molecule has 0 radical (unpaired) electrons. The van der Waals surface area contributed by atoms with E-state index in [1.807, 2.05) is 0 Å². The van der Waals surface area contributed by atoms with E-state index in [4.69, 9.17) is 17.3 Å². The van der Waals surface area contributed by atoms with E-state index in [9.17, 15) is 8.42 Å². The van der Waals surface area contributed by atoms with Crippen LogP contribution < -0.4 is 5.73 Å². The molecule has 8 heteroatoms. The summed E-state index contributed by atoms with van der Waals surface area (Å²) in [6, 6.07) is 1.39. The summed E-state index contributed by atoms with van der Waals surface area (Å²) in [5, 5.41) is 0.432. The van der Waals surface area contributed by atoms with Crippen molar-refractivity contribution < 1.29 is 8.42 Å². The predicted octanol–water partition coefficient (Wildman–Crippen LogP) is 3.30. The predicted molar refractivity (Wildman–Crippen MR) is 86.8 cm³/mol. The van der Waals surface area contributed by atoms with E-state index in [1.165, 1.54) is 6.07 Å². The SMILES string of the molecule is CCC1CCN(S(=O)(=O)c2cc(Cl)c(Br)s2)C(CN)C1. The van der Waals surface area contributed by atoms with Crippen molar-refractivity contribution in [2.75, 3.05) is 13.1 Å². The number of nitrogens with zero attached hydrogens (tertiary/aromatic N) is 1. The topological polar surface area (TPSA) is 63.4 Å². The molecule has 0 spiro atoms. The summed E-state index contributed by atoms with van der Waals surface area (Å²) in [4.78, 5) is 0. The Labute approximate surface area is 137 Å². The Balaban J connectivity index is 2.29. The van der Waals surface area contributed by atoms with Gasteiger partial charge in [-0.05, 0) is 40.8 Å². The van der Waals surface area contributed by atoms with Crippen LogP contribution in [-0.4, -0.2) is 31.9 Å². The van der Waals surface area contributed by atoms with Gasteiger partial charge in [0.1, 0.15) is 4.21 Å². The Morgan fingerprint density at radius 2 is 2.30 bits per heavy atom. The van der Waals surface area contributed by atoms with Crippen LogP contribution in [0.15, 0.2) is 14.1 Å². The molecule has 2 unspecified atom stereocenters. The Morgan fingerprint density at radius 3 is 2.80 bits per heavy atom. The fraction of sp³-hybridized carbons (Fsp3) is 0.667. The fourth-order valence-corrected chi connectivity index (χ4v) is 6.77. The lowest BCUT2D eigenvalue weighted by Crippen LogP contribution is -2.49. The van der Waals surface area contributed by atoms with Crippen molar-refractivity contribution in [2.24, 2.45) is 11.7 Å². The average Bonchev–Trinajstić information content (AvgIpc) is 2.78.